The van der Waals surface area contributed by atoms with Crippen molar-refractivity contribution in [2.45, 2.75) is 19.3 Å². The molecule has 1 aromatic heterocycles. The zero-order valence-electron chi connectivity index (χ0n) is 13.8. The van der Waals surface area contributed by atoms with Gasteiger partial charge >= 0.3 is 5.69 Å². The minimum atomic E-state index is -0.404. The van der Waals surface area contributed by atoms with Crippen LogP contribution in [0.15, 0.2) is 17.4 Å². The van der Waals surface area contributed by atoms with Gasteiger partial charge in [0.25, 0.3) is 5.91 Å². The first-order chi connectivity index (χ1) is 11.5. The Morgan fingerprint density at radius 3 is 2.79 bits per heavy atom. The number of hydrogen-bond acceptors (Lipinski definition) is 4. The summed E-state index contributed by atoms with van der Waals surface area (Å²) >= 11 is 0. The lowest BCUT2D eigenvalue weighted by Gasteiger charge is -2.33. The van der Waals surface area contributed by atoms with Crippen LogP contribution in [0, 0.1) is 17.8 Å². The van der Waals surface area contributed by atoms with E-state index in [-0.39, 0.29) is 29.5 Å². The molecule has 0 radical (unpaired) electrons. The Hall–Kier alpha value is -2.38. The van der Waals surface area contributed by atoms with E-state index in [1.54, 1.807) is 4.90 Å². The molecule has 24 heavy (non-hydrogen) atoms. The van der Waals surface area contributed by atoms with Gasteiger partial charge in [-0.2, -0.15) is 0 Å². The van der Waals surface area contributed by atoms with Crippen LogP contribution in [0.1, 0.15) is 29.9 Å². The third-order valence-electron chi connectivity index (χ3n) is 5.08. The van der Waals surface area contributed by atoms with Crippen molar-refractivity contribution in [1.29, 1.82) is 0 Å². The number of aryl methyl sites for hydroxylation is 1. The second-order valence-electron chi connectivity index (χ2n) is 6.64. The topological polar surface area (TPSA) is 100 Å². The molecule has 0 bridgehead atoms. The van der Waals surface area contributed by atoms with E-state index >= 15 is 0 Å². The molecule has 2 heterocycles. The lowest BCUT2D eigenvalue weighted by atomic mass is 9.73. The maximum absolute atomic E-state index is 12.3. The van der Waals surface area contributed by atoms with E-state index in [0.717, 1.165) is 23.9 Å². The molecule has 2 fully saturated rings. The quantitative estimate of drug-likeness (QED) is 0.735. The number of aromatic amines is 1. The Bertz CT molecular complexity index is 707. The van der Waals surface area contributed by atoms with E-state index in [2.05, 4.69) is 22.0 Å². The fourth-order valence-electron chi connectivity index (χ4n) is 3.34. The van der Waals surface area contributed by atoms with Crippen LogP contribution in [-0.4, -0.2) is 51.1 Å². The third-order valence-corrected chi connectivity index (χ3v) is 5.08. The number of H-pyrrole nitrogens is 1. The largest absolute Gasteiger partial charge is 0.355 e. The van der Waals surface area contributed by atoms with Crippen LogP contribution in [0.3, 0.4) is 0 Å². The molecule has 2 N–H and O–H groups in total. The van der Waals surface area contributed by atoms with E-state index in [0.29, 0.717) is 25.6 Å². The molecule has 0 spiro atoms. The summed E-state index contributed by atoms with van der Waals surface area (Å²) in [6.45, 7) is 5.50. The Kier molecular flexibility index (Phi) is 4.55. The van der Waals surface area contributed by atoms with E-state index in [1.807, 2.05) is 6.08 Å². The number of carbonyl (C=O) groups excluding carboxylic acids is 2. The Balaban J connectivity index is 1.48. The zero-order chi connectivity index (χ0) is 17.3. The number of amides is 2. The van der Waals surface area contributed by atoms with Gasteiger partial charge in [0, 0.05) is 32.6 Å². The number of nitrogens with zero attached hydrogens (tertiary/aromatic N) is 3. The predicted octanol–water partition coefficient (Wildman–Crippen LogP) is -0.101. The zero-order valence-corrected chi connectivity index (χ0v) is 13.8. The third kappa shape index (κ3) is 3.13. The molecule has 3 atom stereocenters. The number of allylic oxidation sites excluding steroid dienone is 1. The Morgan fingerprint density at radius 2 is 2.21 bits per heavy atom. The lowest BCUT2D eigenvalue weighted by molar-refractivity contribution is -0.129. The Morgan fingerprint density at radius 1 is 1.42 bits per heavy atom. The number of aromatic nitrogens is 3. The molecule has 8 nitrogen and oxygen atoms in total. The molecule has 0 aromatic carbocycles. The number of nitrogens with one attached hydrogen (secondary N) is 2. The highest BCUT2D eigenvalue weighted by molar-refractivity contribution is 5.90. The van der Waals surface area contributed by atoms with Crippen LogP contribution in [0.2, 0.25) is 0 Å². The summed E-state index contributed by atoms with van der Waals surface area (Å²) in [6.07, 6.45) is 4.65. The number of carbonyl (C=O) groups is 2. The minimum Gasteiger partial charge on any atom is -0.355 e. The summed E-state index contributed by atoms with van der Waals surface area (Å²) in [5.74, 6) is 0.469. The molecule has 1 saturated carbocycles. The molecule has 1 aliphatic carbocycles. The van der Waals surface area contributed by atoms with Gasteiger partial charge in [-0.15, -0.1) is 11.7 Å². The van der Waals surface area contributed by atoms with Gasteiger partial charge in [-0.3, -0.25) is 14.6 Å². The first-order valence-corrected chi connectivity index (χ1v) is 8.32. The summed E-state index contributed by atoms with van der Waals surface area (Å²) in [6, 6.07) is 0. The molecular formula is C16H23N5O3. The molecule has 8 heteroatoms. The molecule has 3 rings (SSSR count). The van der Waals surface area contributed by atoms with Crippen molar-refractivity contribution in [3.05, 3.63) is 29.0 Å². The highest BCUT2D eigenvalue weighted by Crippen LogP contribution is 2.35. The Labute approximate surface area is 139 Å². The smallest absolute Gasteiger partial charge is 0.343 e. The predicted molar refractivity (Wildman–Crippen MR) is 87.3 cm³/mol. The molecule has 1 aliphatic heterocycles. The van der Waals surface area contributed by atoms with Gasteiger partial charge in [0.1, 0.15) is 0 Å². The van der Waals surface area contributed by atoms with Crippen LogP contribution in [-0.2, 0) is 11.8 Å². The van der Waals surface area contributed by atoms with Gasteiger partial charge < -0.3 is 10.2 Å². The SMILES string of the molecule is C=C[C@@H]1CC[C@H]1C(=O)NCC1CCN(C(=O)c2nn(C)c(=O)[nH]2)C1. The number of rotatable bonds is 5. The van der Waals surface area contributed by atoms with E-state index < -0.39 is 5.69 Å². The molecular weight excluding hydrogens is 310 g/mol. The van der Waals surface area contributed by atoms with Gasteiger partial charge in [0.15, 0.2) is 0 Å². The van der Waals surface area contributed by atoms with Gasteiger partial charge in [-0.05, 0) is 31.1 Å². The normalized spacial score (nSPS) is 26.0. The van der Waals surface area contributed by atoms with E-state index in [4.69, 9.17) is 0 Å². The number of likely N-dealkylation sites (tertiary alicyclic amines) is 1. The monoisotopic (exact) mass is 333 g/mol. The van der Waals surface area contributed by atoms with Crippen LogP contribution in [0.25, 0.3) is 0 Å². The highest BCUT2D eigenvalue weighted by atomic mass is 16.2. The van der Waals surface area contributed by atoms with Crippen LogP contribution in [0.5, 0.6) is 0 Å². The molecule has 130 valence electrons. The summed E-state index contributed by atoms with van der Waals surface area (Å²) in [5, 5.41) is 6.89. The molecule has 1 unspecified atom stereocenters. The molecule has 1 saturated heterocycles. The second-order valence-corrected chi connectivity index (χ2v) is 6.64. The lowest BCUT2D eigenvalue weighted by Crippen LogP contribution is -2.42. The minimum absolute atomic E-state index is 0.0558. The van der Waals surface area contributed by atoms with Crippen molar-refractivity contribution in [2.75, 3.05) is 19.6 Å². The van der Waals surface area contributed by atoms with Crippen LogP contribution in [0.4, 0.5) is 0 Å². The van der Waals surface area contributed by atoms with Gasteiger partial charge in [-0.1, -0.05) is 6.08 Å². The molecule has 2 amide bonds. The summed E-state index contributed by atoms with van der Waals surface area (Å²) in [4.78, 5) is 40.0. The average Bonchev–Trinajstić information content (AvgIpc) is 3.11. The highest BCUT2D eigenvalue weighted by Gasteiger charge is 2.35. The standard InChI is InChI=1S/C16H23N5O3/c1-3-11-4-5-12(11)14(22)17-8-10-6-7-21(9-10)15(23)13-18-16(24)20(2)19-13/h3,10-12H,1,4-9H2,2H3,(H,17,22)(H,18,19,24)/t10?,11-,12-/m1/s1. The van der Waals surface area contributed by atoms with Crippen molar-refractivity contribution in [3.8, 4) is 0 Å². The van der Waals surface area contributed by atoms with E-state index in [1.165, 1.54) is 7.05 Å². The summed E-state index contributed by atoms with van der Waals surface area (Å²) in [7, 11) is 1.49. The maximum atomic E-state index is 12.3. The second kappa shape index (κ2) is 6.62. The summed E-state index contributed by atoms with van der Waals surface area (Å²) < 4.78 is 1.11. The molecule has 1 aromatic rings. The average molecular weight is 333 g/mol. The van der Waals surface area contributed by atoms with Crippen molar-refractivity contribution in [1.82, 2.24) is 25.0 Å². The fraction of sp³-hybridized carbons (Fsp3) is 0.625. The summed E-state index contributed by atoms with van der Waals surface area (Å²) in [5.41, 5.74) is -0.404. The maximum Gasteiger partial charge on any atom is 0.343 e. The number of hydrogen-bond donors (Lipinski definition) is 2. The van der Waals surface area contributed by atoms with Crippen molar-refractivity contribution in [3.63, 3.8) is 0 Å². The molecule has 2 aliphatic rings. The van der Waals surface area contributed by atoms with Crippen LogP contribution < -0.4 is 11.0 Å². The van der Waals surface area contributed by atoms with Crippen LogP contribution >= 0.6 is 0 Å². The van der Waals surface area contributed by atoms with Crippen molar-refractivity contribution >= 4 is 11.8 Å². The van der Waals surface area contributed by atoms with Gasteiger partial charge in [-0.25, -0.2) is 9.48 Å². The first kappa shape index (κ1) is 16.5. The van der Waals surface area contributed by atoms with E-state index in [9.17, 15) is 14.4 Å². The van der Waals surface area contributed by atoms with Gasteiger partial charge in [0.2, 0.25) is 11.7 Å². The van der Waals surface area contributed by atoms with Crippen molar-refractivity contribution < 1.29 is 9.59 Å². The van der Waals surface area contributed by atoms with Gasteiger partial charge in [0.05, 0.1) is 0 Å². The first-order valence-electron chi connectivity index (χ1n) is 8.32. The van der Waals surface area contributed by atoms with Crippen molar-refractivity contribution in [2.24, 2.45) is 24.8 Å². The fourth-order valence-corrected chi connectivity index (χ4v) is 3.34.